The molecule has 1 saturated carbocycles. The number of benzene rings is 1. The van der Waals surface area contributed by atoms with Crippen LogP contribution in [0.5, 0.6) is 5.75 Å². The number of nitriles is 1. The second-order valence-corrected chi connectivity index (χ2v) is 4.68. The first-order chi connectivity index (χ1) is 7.81. The zero-order chi connectivity index (χ0) is 11.4. The Hall–Kier alpha value is -1.05. The van der Waals surface area contributed by atoms with Crippen LogP contribution in [0.4, 0.5) is 0 Å². The Morgan fingerprint density at radius 2 is 2.31 bits per heavy atom. The van der Waals surface area contributed by atoms with E-state index in [1.165, 1.54) is 12.8 Å². The van der Waals surface area contributed by atoms with Crippen molar-refractivity contribution in [3.05, 3.63) is 28.2 Å². The topological polar surface area (TPSA) is 45.0 Å². The summed E-state index contributed by atoms with van der Waals surface area (Å²) in [7, 11) is 0. The van der Waals surface area contributed by atoms with E-state index in [0.717, 1.165) is 22.3 Å². The second-order valence-electron chi connectivity index (χ2n) is 3.83. The van der Waals surface area contributed by atoms with Crippen LogP contribution in [0.2, 0.25) is 0 Å². The third kappa shape index (κ3) is 2.97. The summed E-state index contributed by atoms with van der Waals surface area (Å²) < 4.78 is 6.32. The van der Waals surface area contributed by atoms with Crippen molar-refractivity contribution in [1.82, 2.24) is 5.32 Å². The highest BCUT2D eigenvalue weighted by Crippen LogP contribution is 2.30. The van der Waals surface area contributed by atoms with Gasteiger partial charge in [-0.15, -0.1) is 0 Å². The summed E-state index contributed by atoms with van der Waals surface area (Å²) >= 11 is 3.44. The van der Waals surface area contributed by atoms with Crippen molar-refractivity contribution in [3.63, 3.8) is 0 Å². The van der Waals surface area contributed by atoms with E-state index in [0.29, 0.717) is 6.04 Å². The molecule has 16 heavy (non-hydrogen) atoms. The minimum absolute atomic E-state index is 0.0824. The first kappa shape index (κ1) is 11.4. The molecular formula is C12H13BrN2O. The highest BCUT2D eigenvalue weighted by molar-refractivity contribution is 9.10. The largest absolute Gasteiger partial charge is 0.477 e. The number of para-hydroxylation sites is 1. The lowest BCUT2D eigenvalue weighted by Crippen LogP contribution is -2.16. The molecule has 0 spiro atoms. The third-order valence-electron chi connectivity index (χ3n) is 2.49. The van der Waals surface area contributed by atoms with Gasteiger partial charge in [-0.25, -0.2) is 0 Å². The van der Waals surface area contributed by atoms with Gasteiger partial charge in [0.15, 0.2) is 6.61 Å². The van der Waals surface area contributed by atoms with E-state index >= 15 is 0 Å². The Kier molecular flexibility index (Phi) is 3.81. The van der Waals surface area contributed by atoms with Crippen molar-refractivity contribution in [2.75, 3.05) is 6.61 Å². The van der Waals surface area contributed by atoms with Crippen LogP contribution in [-0.2, 0) is 6.54 Å². The van der Waals surface area contributed by atoms with Crippen molar-refractivity contribution >= 4 is 15.9 Å². The molecule has 0 bridgehead atoms. The number of rotatable bonds is 5. The van der Waals surface area contributed by atoms with Crippen LogP contribution >= 0.6 is 15.9 Å². The maximum atomic E-state index is 8.53. The molecule has 2 rings (SSSR count). The molecule has 3 nitrogen and oxygen atoms in total. The predicted molar refractivity (Wildman–Crippen MR) is 65.1 cm³/mol. The summed E-state index contributed by atoms with van der Waals surface area (Å²) in [5.74, 6) is 0.775. The molecule has 0 aromatic heterocycles. The molecule has 0 radical (unpaired) electrons. The second kappa shape index (κ2) is 5.33. The Bertz CT molecular complexity index is 410. The van der Waals surface area contributed by atoms with Gasteiger partial charge in [-0.1, -0.05) is 12.1 Å². The molecule has 4 heteroatoms. The maximum absolute atomic E-state index is 8.53. The molecule has 1 aromatic rings. The molecule has 1 fully saturated rings. The molecule has 1 aliphatic rings. The molecule has 1 aromatic carbocycles. The summed E-state index contributed by atoms with van der Waals surface area (Å²) in [5.41, 5.74) is 1.09. The van der Waals surface area contributed by atoms with E-state index in [-0.39, 0.29) is 6.61 Å². The maximum Gasteiger partial charge on any atom is 0.174 e. The SMILES string of the molecule is N#CCOc1c(Br)cccc1CNC1CC1. The van der Waals surface area contributed by atoms with Crippen LogP contribution in [0, 0.1) is 11.3 Å². The summed E-state index contributed by atoms with van der Waals surface area (Å²) in [6.07, 6.45) is 2.53. The number of ether oxygens (including phenoxy) is 1. The van der Waals surface area contributed by atoms with Gasteiger partial charge >= 0.3 is 0 Å². The molecule has 84 valence electrons. The molecular weight excluding hydrogens is 268 g/mol. The summed E-state index contributed by atoms with van der Waals surface area (Å²) in [6, 6.07) is 8.58. The minimum atomic E-state index is 0.0824. The number of nitrogens with one attached hydrogen (secondary N) is 1. The number of halogens is 1. The van der Waals surface area contributed by atoms with E-state index in [9.17, 15) is 0 Å². The summed E-state index contributed by atoms with van der Waals surface area (Å²) in [4.78, 5) is 0. The molecule has 1 N–H and O–H groups in total. The lowest BCUT2D eigenvalue weighted by Gasteiger charge is -2.11. The number of nitrogens with zero attached hydrogens (tertiary/aromatic N) is 1. The van der Waals surface area contributed by atoms with Gasteiger partial charge in [0.1, 0.15) is 11.8 Å². The van der Waals surface area contributed by atoms with Crippen molar-refractivity contribution in [3.8, 4) is 11.8 Å². The van der Waals surface area contributed by atoms with Crippen molar-refractivity contribution < 1.29 is 4.74 Å². The van der Waals surface area contributed by atoms with E-state index in [1.54, 1.807) is 0 Å². The average molecular weight is 281 g/mol. The molecule has 1 aliphatic carbocycles. The van der Waals surface area contributed by atoms with Crippen LogP contribution in [-0.4, -0.2) is 12.6 Å². The Morgan fingerprint density at radius 1 is 1.50 bits per heavy atom. The van der Waals surface area contributed by atoms with Gasteiger partial charge in [0.05, 0.1) is 4.47 Å². The Morgan fingerprint density at radius 3 is 3.00 bits per heavy atom. The fourth-order valence-corrected chi connectivity index (χ4v) is 2.02. The van der Waals surface area contributed by atoms with Gasteiger partial charge in [-0.3, -0.25) is 0 Å². The van der Waals surface area contributed by atoms with Gasteiger partial charge in [0.25, 0.3) is 0 Å². The lowest BCUT2D eigenvalue weighted by atomic mass is 10.2. The minimum Gasteiger partial charge on any atom is -0.477 e. The Balaban J connectivity index is 2.07. The van der Waals surface area contributed by atoms with Crippen LogP contribution in [0.25, 0.3) is 0 Å². The van der Waals surface area contributed by atoms with Crippen molar-refractivity contribution in [1.29, 1.82) is 5.26 Å². The third-order valence-corrected chi connectivity index (χ3v) is 3.11. The quantitative estimate of drug-likeness (QED) is 0.902. The normalized spacial score (nSPS) is 14.5. The molecule has 0 heterocycles. The molecule has 0 aliphatic heterocycles. The molecule has 0 unspecified atom stereocenters. The highest BCUT2D eigenvalue weighted by Gasteiger charge is 2.20. The number of hydrogen-bond acceptors (Lipinski definition) is 3. The van der Waals surface area contributed by atoms with Crippen LogP contribution in [0.1, 0.15) is 18.4 Å². The van der Waals surface area contributed by atoms with Crippen molar-refractivity contribution in [2.45, 2.75) is 25.4 Å². The van der Waals surface area contributed by atoms with Gasteiger partial charge in [0.2, 0.25) is 0 Å². The first-order valence-electron chi connectivity index (χ1n) is 5.32. The van der Waals surface area contributed by atoms with E-state index in [4.69, 9.17) is 10.00 Å². The Labute approximate surface area is 104 Å². The van der Waals surface area contributed by atoms with Crippen LogP contribution in [0.3, 0.4) is 0 Å². The smallest absolute Gasteiger partial charge is 0.174 e. The molecule has 0 saturated heterocycles. The molecule has 0 atom stereocenters. The van der Waals surface area contributed by atoms with Gasteiger partial charge < -0.3 is 10.1 Å². The lowest BCUT2D eigenvalue weighted by molar-refractivity contribution is 0.360. The van der Waals surface area contributed by atoms with E-state index in [1.807, 2.05) is 24.3 Å². The van der Waals surface area contributed by atoms with Crippen LogP contribution in [0.15, 0.2) is 22.7 Å². The summed E-state index contributed by atoms with van der Waals surface area (Å²) in [5, 5.41) is 12.0. The number of hydrogen-bond donors (Lipinski definition) is 1. The molecule has 0 amide bonds. The standard InChI is InChI=1S/C12H13BrN2O/c13-11-3-1-2-9(8-15-10-4-5-10)12(11)16-7-6-14/h1-3,10,15H,4-5,7-8H2. The van der Waals surface area contributed by atoms with Gasteiger partial charge in [0, 0.05) is 18.2 Å². The highest BCUT2D eigenvalue weighted by atomic mass is 79.9. The fourth-order valence-electron chi connectivity index (χ4n) is 1.50. The van der Waals surface area contributed by atoms with Crippen molar-refractivity contribution in [2.24, 2.45) is 0 Å². The zero-order valence-electron chi connectivity index (χ0n) is 8.87. The van der Waals surface area contributed by atoms with Gasteiger partial charge in [-0.2, -0.15) is 5.26 Å². The monoisotopic (exact) mass is 280 g/mol. The van der Waals surface area contributed by atoms with E-state index in [2.05, 4.69) is 21.2 Å². The first-order valence-corrected chi connectivity index (χ1v) is 6.11. The average Bonchev–Trinajstić information content (AvgIpc) is 3.09. The van der Waals surface area contributed by atoms with Crippen LogP contribution < -0.4 is 10.1 Å². The predicted octanol–water partition coefficient (Wildman–Crippen LogP) is 2.60. The van der Waals surface area contributed by atoms with E-state index < -0.39 is 0 Å². The zero-order valence-corrected chi connectivity index (χ0v) is 10.5. The van der Waals surface area contributed by atoms with Gasteiger partial charge in [-0.05, 0) is 34.8 Å². The fraction of sp³-hybridized carbons (Fsp3) is 0.417. The summed E-state index contributed by atoms with van der Waals surface area (Å²) in [6.45, 7) is 0.879.